The molecular weight excluding hydrogens is 700 g/mol. The van der Waals surface area contributed by atoms with Crippen LogP contribution in [0, 0.1) is 6.92 Å². The van der Waals surface area contributed by atoms with Crippen LogP contribution in [-0.2, 0) is 14.9 Å². The zero-order chi connectivity index (χ0) is 18.2. The van der Waals surface area contributed by atoms with E-state index < -0.39 is 22.2 Å². The van der Waals surface area contributed by atoms with Crippen LogP contribution in [-0.4, -0.2) is 26.6 Å². The monoisotopic (exact) mass is 716 g/mol. The van der Waals surface area contributed by atoms with Crippen molar-refractivity contribution in [2.45, 2.75) is 30.9 Å². The summed E-state index contributed by atoms with van der Waals surface area (Å²) in [6, 6.07) is 3.76. The van der Waals surface area contributed by atoms with Crippen molar-refractivity contribution in [3.05, 3.63) is 39.8 Å². The number of aryl methyl sites for hydroxylation is 1. The molecular formula is C11H16I3N4O3SV. The second-order valence-electron chi connectivity index (χ2n) is 4.31. The van der Waals surface area contributed by atoms with Gasteiger partial charge in [0.15, 0.2) is 0 Å². The predicted molar refractivity (Wildman–Crippen MR) is 113 cm³/mol. The first-order chi connectivity index (χ1) is 10.6. The molecule has 0 saturated carbocycles. The Morgan fingerprint density at radius 1 is 1.39 bits per heavy atom. The summed E-state index contributed by atoms with van der Waals surface area (Å²) in [6.45, 7) is 3.31. The topological polar surface area (TPSA) is 115 Å². The Labute approximate surface area is 173 Å². The molecule has 0 saturated heterocycles. The van der Waals surface area contributed by atoms with E-state index in [1.165, 1.54) is 19.2 Å². The summed E-state index contributed by atoms with van der Waals surface area (Å²) in [7, 11) is -2.26. The molecule has 1 rings (SSSR count). The van der Waals surface area contributed by atoms with E-state index in [0.717, 1.165) is 5.56 Å². The van der Waals surface area contributed by atoms with Gasteiger partial charge in [0.1, 0.15) is 0 Å². The van der Waals surface area contributed by atoms with Gasteiger partial charge in [-0.1, -0.05) is 18.1 Å². The summed E-state index contributed by atoms with van der Waals surface area (Å²) in [5, 5.41) is 13.5. The van der Waals surface area contributed by atoms with Gasteiger partial charge in [-0.25, -0.2) is 13.1 Å². The molecule has 0 radical (unpaired) electrons. The molecule has 0 aromatic heterocycles. The van der Waals surface area contributed by atoms with E-state index in [1.54, 1.807) is 19.9 Å². The third-order valence-electron chi connectivity index (χ3n) is 2.84. The van der Waals surface area contributed by atoms with Crippen LogP contribution in [0.4, 0.5) is 0 Å². The molecule has 0 amide bonds. The molecule has 7 nitrogen and oxygen atoms in total. The quantitative estimate of drug-likeness (QED) is 0.205. The van der Waals surface area contributed by atoms with Crippen molar-refractivity contribution in [3.8, 4) is 0 Å². The van der Waals surface area contributed by atoms with Gasteiger partial charge in [0.25, 0.3) is 0 Å². The second-order valence-corrected chi connectivity index (χ2v) is 41.6. The Hall–Kier alpha value is 1.17. The van der Waals surface area contributed by atoms with Crippen LogP contribution >= 0.6 is 59.9 Å². The normalized spacial score (nSPS) is 13.6. The molecule has 0 aliphatic heterocycles. The maximum atomic E-state index is 11.7. The van der Waals surface area contributed by atoms with E-state index in [4.69, 9.17) is 5.53 Å². The van der Waals surface area contributed by atoms with Crippen molar-refractivity contribution >= 4 is 70.0 Å². The van der Waals surface area contributed by atoms with E-state index in [9.17, 15) is 13.5 Å². The minimum atomic E-state index is -3.57. The molecule has 2 atom stereocenters. The van der Waals surface area contributed by atoms with Gasteiger partial charge in [-0.3, -0.25) is 0 Å². The van der Waals surface area contributed by atoms with E-state index in [1.807, 2.05) is 0 Å². The zero-order valence-corrected chi connectivity index (χ0v) is 21.2. The number of rotatable bonds is 5. The zero-order valence-electron chi connectivity index (χ0n) is 12.5. The number of aliphatic hydroxyl groups excluding tert-OH is 1. The van der Waals surface area contributed by atoms with E-state index in [2.05, 4.69) is 74.7 Å². The molecule has 1 aromatic carbocycles. The van der Waals surface area contributed by atoms with Crippen LogP contribution in [0.1, 0.15) is 24.2 Å². The Morgan fingerprint density at radius 3 is 2.35 bits per heavy atom. The fraction of sp³-hybridized carbons (Fsp3) is 0.455. The average molecular weight is 716 g/mol. The van der Waals surface area contributed by atoms with Crippen LogP contribution in [0.3, 0.4) is 0 Å². The van der Waals surface area contributed by atoms with Gasteiger partial charge in [0.05, 0.1) is 17.0 Å². The van der Waals surface area contributed by atoms with Gasteiger partial charge in [0.2, 0.25) is 10.0 Å². The van der Waals surface area contributed by atoms with Gasteiger partial charge in [-0.2, -0.15) is 0 Å². The van der Waals surface area contributed by atoms with Gasteiger partial charge in [-0.15, -0.1) is 0 Å². The number of sulfonamides is 1. The van der Waals surface area contributed by atoms with Crippen LogP contribution in [0.5, 0.6) is 0 Å². The molecule has 23 heavy (non-hydrogen) atoms. The molecule has 0 spiro atoms. The first-order valence-corrected chi connectivity index (χ1v) is 21.1. The van der Waals surface area contributed by atoms with Gasteiger partial charge < -0.3 is 5.11 Å². The fourth-order valence-electron chi connectivity index (χ4n) is 1.63. The minimum absolute atomic E-state index is 0.0581. The average Bonchev–Trinajstić information content (AvgIpc) is 2.46. The Balaban J connectivity index is 0.00000108. The van der Waals surface area contributed by atoms with Crippen LogP contribution in [0.2, 0.25) is 0 Å². The Morgan fingerprint density at radius 2 is 1.91 bits per heavy atom. The summed E-state index contributed by atoms with van der Waals surface area (Å²) in [6.07, 6.45) is -1.05. The van der Waals surface area contributed by atoms with Crippen molar-refractivity contribution in [2.75, 3.05) is 7.05 Å². The van der Waals surface area contributed by atoms with Crippen molar-refractivity contribution in [1.29, 1.82) is 0 Å². The second kappa shape index (κ2) is 11.7. The molecule has 0 aliphatic rings. The number of nitrogens with zero attached hydrogens (tertiary/aromatic N) is 3. The van der Waals surface area contributed by atoms with Gasteiger partial charge in [0, 0.05) is 4.91 Å². The van der Waals surface area contributed by atoms with Crippen molar-refractivity contribution in [1.82, 2.24) is 4.72 Å². The van der Waals surface area contributed by atoms with E-state index >= 15 is 0 Å². The molecule has 0 aliphatic carbocycles. The third kappa shape index (κ3) is 8.90. The van der Waals surface area contributed by atoms with Crippen LogP contribution in [0.15, 0.2) is 28.2 Å². The number of hydrogen-bond acceptors (Lipinski definition) is 4. The van der Waals surface area contributed by atoms with Gasteiger partial charge >= 0.3 is 64.9 Å². The standard InChI is InChI=1S/C11H16N4O3S.3HI.V/c1-7-4-5-9(19(17,18)13-3)6-10(7)11(16)8(2)14-15-12;;;;/h4-6,8,11,13,16H,1-3H3;3*1H;/q;;;;+3/p-3. The summed E-state index contributed by atoms with van der Waals surface area (Å²) in [5.74, 6) is 0. The number of halogens is 3. The number of aliphatic hydroxyl groups is 1. The Bertz CT molecular complexity index is 666. The summed E-state index contributed by atoms with van der Waals surface area (Å²) < 4.78 is 25.6. The molecule has 130 valence electrons. The predicted octanol–water partition coefficient (Wildman–Crippen LogP) is 4.29. The molecule has 2 unspecified atom stereocenters. The first-order valence-electron chi connectivity index (χ1n) is 6.10. The van der Waals surface area contributed by atoms with Crippen LogP contribution < -0.4 is 4.72 Å². The molecule has 0 bridgehead atoms. The number of azide groups is 1. The summed E-state index contributed by atoms with van der Waals surface area (Å²) in [5.41, 5.74) is 9.52. The number of benzene rings is 1. The number of hydrogen-bond donors (Lipinski definition) is 2. The van der Waals surface area contributed by atoms with Crippen LogP contribution in [0.25, 0.3) is 10.4 Å². The van der Waals surface area contributed by atoms with E-state index in [0.29, 0.717) is 5.56 Å². The third-order valence-corrected chi connectivity index (χ3v) is 4.25. The SMILES string of the molecule is CNS(=O)(=O)c1ccc(C)c(C(O)C(C)N=[N+]=[N-])c1.[I][V]([I])[I]. The molecule has 2 N–H and O–H groups in total. The molecule has 12 heteroatoms. The van der Waals surface area contributed by atoms with Crippen molar-refractivity contribution < 1.29 is 18.4 Å². The molecule has 0 fully saturated rings. The summed E-state index contributed by atoms with van der Waals surface area (Å²) in [4.78, 5) is 2.41. The Kier molecular flexibility index (Phi) is 12.3. The molecule has 1 aromatic rings. The van der Waals surface area contributed by atoms with Gasteiger partial charge in [-0.05, 0) is 42.8 Å². The van der Waals surface area contributed by atoms with E-state index in [-0.39, 0.29) is 9.82 Å². The maximum absolute atomic E-state index is 11.7. The van der Waals surface area contributed by atoms with Crippen molar-refractivity contribution in [2.24, 2.45) is 5.11 Å². The van der Waals surface area contributed by atoms with Crippen molar-refractivity contribution in [3.63, 3.8) is 0 Å². The number of nitrogens with one attached hydrogen (secondary N) is 1. The summed E-state index contributed by atoms with van der Waals surface area (Å²) >= 11 is 7.39. The first kappa shape index (κ1) is 24.2. The molecule has 0 heterocycles. The fourth-order valence-corrected chi connectivity index (χ4v) is 2.39.